The van der Waals surface area contributed by atoms with E-state index in [9.17, 15) is 9.59 Å². The summed E-state index contributed by atoms with van der Waals surface area (Å²) in [6.07, 6.45) is 1.10. The normalized spacial score (nSPS) is 36.9. The number of hydrogen-bond donors (Lipinski definition) is 1. The lowest BCUT2D eigenvalue weighted by atomic mass is 9.68. The monoisotopic (exact) mass is 368 g/mol. The molecule has 2 aliphatic heterocycles. The van der Waals surface area contributed by atoms with Crippen LogP contribution in [0.15, 0.2) is 24.3 Å². The summed E-state index contributed by atoms with van der Waals surface area (Å²) in [7, 11) is 0. The Balaban J connectivity index is 1.18. The van der Waals surface area contributed by atoms with Gasteiger partial charge in [-0.1, -0.05) is 45.0 Å². The first-order valence-electron chi connectivity index (χ1n) is 10.1. The number of fused-ring (bicyclic) bond motifs is 1. The fourth-order valence-electron chi connectivity index (χ4n) is 5.44. The van der Waals surface area contributed by atoms with Crippen LogP contribution in [-0.2, 0) is 14.9 Å². The lowest BCUT2D eigenvalue weighted by Crippen LogP contribution is -2.58. The Kier molecular flexibility index (Phi) is 3.47. The molecule has 3 atom stereocenters. The summed E-state index contributed by atoms with van der Waals surface area (Å²) < 4.78 is 5.01. The SMILES string of the molecule is CC(C)(C)c1cccc([C@@H]2[C@@H]3CN(C(=O)C4CC5(COC(=O)N5)C4)C[C@@H]32)c1. The molecule has 0 radical (unpaired) electrons. The lowest BCUT2D eigenvalue weighted by Gasteiger charge is -2.43. The van der Waals surface area contributed by atoms with Crippen molar-refractivity contribution in [2.24, 2.45) is 17.8 Å². The van der Waals surface area contributed by atoms with Crippen LogP contribution in [0.4, 0.5) is 4.79 Å². The van der Waals surface area contributed by atoms with Crippen molar-refractivity contribution in [2.45, 2.75) is 50.5 Å². The fourth-order valence-corrected chi connectivity index (χ4v) is 5.44. The van der Waals surface area contributed by atoms with E-state index in [-0.39, 0.29) is 28.9 Å². The molecular weight excluding hydrogens is 340 g/mol. The third kappa shape index (κ3) is 2.74. The molecule has 2 heterocycles. The summed E-state index contributed by atoms with van der Waals surface area (Å²) in [6.45, 7) is 8.95. The summed E-state index contributed by atoms with van der Waals surface area (Å²) in [5.41, 5.74) is 2.73. The molecule has 144 valence electrons. The topological polar surface area (TPSA) is 58.6 Å². The van der Waals surface area contributed by atoms with E-state index in [2.05, 4.69) is 55.3 Å². The van der Waals surface area contributed by atoms with E-state index in [1.54, 1.807) is 0 Å². The highest BCUT2D eigenvalue weighted by Gasteiger charge is 2.59. The van der Waals surface area contributed by atoms with Gasteiger partial charge in [-0.3, -0.25) is 4.79 Å². The summed E-state index contributed by atoms with van der Waals surface area (Å²) >= 11 is 0. The quantitative estimate of drug-likeness (QED) is 0.873. The third-order valence-corrected chi connectivity index (χ3v) is 7.11. The first kappa shape index (κ1) is 17.1. The standard InChI is InChI=1S/C22H28N2O3/c1-21(2,3)15-6-4-5-13(7-15)18-16-10-24(11-17(16)18)19(25)14-8-22(9-14)12-27-20(26)23-22/h4-7,14,16-18H,8-12H2,1-3H3,(H,23,26)/t14?,16-,17+,18-,22?. The van der Waals surface area contributed by atoms with E-state index in [0.717, 1.165) is 25.9 Å². The zero-order chi connectivity index (χ0) is 19.0. The van der Waals surface area contributed by atoms with Gasteiger partial charge in [-0.05, 0) is 47.1 Å². The Morgan fingerprint density at radius 1 is 1.22 bits per heavy atom. The van der Waals surface area contributed by atoms with Gasteiger partial charge in [0.05, 0.1) is 5.54 Å². The highest BCUT2D eigenvalue weighted by molar-refractivity contribution is 5.82. The minimum atomic E-state index is -0.344. The minimum absolute atomic E-state index is 0.0483. The second-order valence-corrected chi connectivity index (χ2v) is 10.1. The molecule has 5 rings (SSSR count). The van der Waals surface area contributed by atoms with Gasteiger partial charge in [0.25, 0.3) is 0 Å². The van der Waals surface area contributed by atoms with E-state index in [1.807, 2.05) is 0 Å². The molecule has 1 spiro atoms. The predicted molar refractivity (Wildman–Crippen MR) is 101 cm³/mol. The van der Waals surface area contributed by atoms with Gasteiger partial charge in [-0.15, -0.1) is 0 Å². The summed E-state index contributed by atoms with van der Waals surface area (Å²) in [6, 6.07) is 9.02. The number of benzene rings is 1. The number of likely N-dealkylation sites (tertiary alicyclic amines) is 1. The average Bonchev–Trinajstić information content (AvgIpc) is 2.93. The second kappa shape index (κ2) is 5.49. The summed E-state index contributed by atoms with van der Waals surface area (Å²) in [5, 5.41) is 2.87. The number of rotatable bonds is 2. The van der Waals surface area contributed by atoms with Gasteiger partial charge in [0.1, 0.15) is 6.61 Å². The molecule has 2 saturated heterocycles. The zero-order valence-electron chi connectivity index (χ0n) is 16.3. The molecule has 2 saturated carbocycles. The van der Waals surface area contributed by atoms with E-state index >= 15 is 0 Å². The number of nitrogens with zero attached hydrogens (tertiary/aromatic N) is 1. The van der Waals surface area contributed by atoms with Crippen molar-refractivity contribution in [3.63, 3.8) is 0 Å². The number of nitrogens with one attached hydrogen (secondary N) is 1. The Labute approximate surface area is 160 Å². The molecule has 1 aromatic rings. The predicted octanol–water partition coefficient (Wildman–Crippen LogP) is 3.04. The third-order valence-electron chi connectivity index (χ3n) is 7.11. The number of amides is 2. The van der Waals surface area contributed by atoms with Crippen LogP contribution >= 0.6 is 0 Å². The van der Waals surface area contributed by atoms with E-state index in [0.29, 0.717) is 24.4 Å². The van der Waals surface area contributed by atoms with Crippen LogP contribution in [0.3, 0.4) is 0 Å². The Morgan fingerprint density at radius 2 is 1.93 bits per heavy atom. The molecule has 5 heteroatoms. The molecule has 5 nitrogen and oxygen atoms in total. The van der Waals surface area contributed by atoms with Gasteiger partial charge < -0.3 is 15.0 Å². The summed E-state index contributed by atoms with van der Waals surface area (Å²) in [4.78, 5) is 26.1. The Morgan fingerprint density at radius 3 is 2.52 bits per heavy atom. The first-order chi connectivity index (χ1) is 12.8. The number of ether oxygens (including phenoxy) is 1. The molecule has 0 bridgehead atoms. The van der Waals surface area contributed by atoms with Crippen LogP contribution in [0.5, 0.6) is 0 Å². The highest BCUT2D eigenvalue weighted by atomic mass is 16.6. The van der Waals surface area contributed by atoms with Crippen molar-refractivity contribution in [1.29, 1.82) is 0 Å². The van der Waals surface area contributed by atoms with Crippen LogP contribution < -0.4 is 5.32 Å². The van der Waals surface area contributed by atoms with Crippen LogP contribution in [0, 0.1) is 17.8 Å². The van der Waals surface area contributed by atoms with Crippen molar-refractivity contribution in [2.75, 3.05) is 19.7 Å². The largest absolute Gasteiger partial charge is 0.447 e. The van der Waals surface area contributed by atoms with Gasteiger partial charge in [-0.25, -0.2) is 4.79 Å². The average molecular weight is 368 g/mol. The van der Waals surface area contributed by atoms with E-state index in [1.165, 1.54) is 11.1 Å². The lowest BCUT2D eigenvalue weighted by molar-refractivity contribution is -0.140. The zero-order valence-corrected chi connectivity index (χ0v) is 16.3. The van der Waals surface area contributed by atoms with Gasteiger partial charge in [-0.2, -0.15) is 0 Å². The number of alkyl carbamates (subject to hydrolysis) is 1. The molecule has 2 aliphatic carbocycles. The van der Waals surface area contributed by atoms with Gasteiger partial charge >= 0.3 is 6.09 Å². The molecule has 27 heavy (non-hydrogen) atoms. The minimum Gasteiger partial charge on any atom is -0.447 e. The number of hydrogen-bond acceptors (Lipinski definition) is 3. The van der Waals surface area contributed by atoms with Crippen molar-refractivity contribution in [3.05, 3.63) is 35.4 Å². The van der Waals surface area contributed by atoms with Gasteiger partial charge in [0.2, 0.25) is 5.91 Å². The van der Waals surface area contributed by atoms with Crippen molar-refractivity contribution >= 4 is 12.0 Å². The van der Waals surface area contributed by atoms with Crippen LogP contribution in [0.25, 0.3) is 0 Å². The van der Waals surface area contributed by atoms with Crippen LogP contribution in [-0.4, -0.2) is 42.1 Å². The van der Waals surface area contributed by atoms with Crippen LogP contribution in [0.1, 0.15) is 50.7 Å². The van der Waals surface area contributed by atoms with Crippen molar-refractivity contribution in [3.8, 4) is 0 Å². The van der Waals surface area contributed by atoms with Gasteiger partial charge in [0.15, 0.2) is 0 Å². The molecule has 4 aliphatic rings. The second-order valence-electron chi connectivity index (χ2n) is 10.1. The highest BCUT2D eigenvalue weighted by Crippen LogP contribution is 2.59. The maximum Gasteiger partial charge on any atom is 0.407 e. The molecule has 4 fully saturated rings. The smallest absolute Gasteiger partial charge is 0.407 e. The summed E-state index contributed by atoms with van der Waals surface area (Å²) in [5.74, 6) is 2.18. The molecule has 0 unspecified atom stereocenters. The van der Waals surface area contributed by atoms with Gasteiger partial charge in [0, 0.05) is 19.0 Å². The molecule has 1 N–H and O–H groups in total. The maximum absolute atomic E-state index is 12.8. The molecule has 0 aromatic heterocycles. The number of cyclic esters (lactones) is 1. The van der Waals surface area contributed by atoms with E-state index in [4.69, 9.17) is 4.74 Å². The Bertz CT molecular complexity index is 794. The van der Waals surface area contributed by atoms with Crippen molar-refractivity contribution in [1.82, 2.24) is 10.2 Å². The Hall–Kier alpha value is -2.04. The maximum atomic E-state index is 12.8. The first-order valence-corrected chi connectivity index (χ1v) is 10.1. The number of carbonyl (C=O) groups is 2. The fraction of sp³-hybridized carbons (Fsp3) is 0.636. The van der Waals surface area contributed by atoms with Crippen LogP contribution in [0.2, 0.25) is 0 Å². The molecule has 1 aromatic carbocycles. The number of piperidine rings is 1. The van der Waals surface area contributed by atoms with Crippen molar-refractivity contribution < 1.29 is 14.3 Å². The van der Waals surface area contributed by atoms with E-state index < -0.39 is 0 Å². The molecular formula is C22H28N2O3. The number of carbonyl (C=O) groups excluding carboxylic acids is 2. The molecule has 2 amide bonds.